The predicted molar refractivity (Wildman–Crippen MR) is 136 cm³/mol. The first kappa shape index (κ1) is 26.3. The van der Waals surface area contributed by atoms with Crippen molar-refractivity contribution in [2.45, 2.75) is 24.7 Å². The van der Waals surface area contributed by atoms with Crippen LogP contribution in [0.1, 0.15) is 18.9 Å². The number of aryl methyl sites for hydroxylation is 1. The normalized spacial score (nSPS) is 10.8. The standard InChI is InChI=1S/C22H25N5O3S2.ClH/c1-14(28)26-22-27-19(16-7-5-15(6-8-16)4-3-13-25-21(23)24)20(31-22)17-9-11-18(12-10-17)32(2,29)30;/h5-12H,3-4,13H2,1-2H3,(H4,23,24,25)(H,26,27,28);1H. The highest BCUT2D eigenvalue weighted by molar-refractivity contribution is 7.90. The SMILES string of the molecule is CC(=O)Nc1nc(-c2ccc(CCCNC(=N)N)cc2)c(-c2ccc(S(C)(=O)=O)cc2)s1.Cl. The molecule has 0 aliphatic heterocycles. The summed E-state index contributed by atoms with van der Waals surface area (Å²) in [6, 6.07) is 14.7. The van der Waals surface area contributed by atoms with Gasteiger partial charge in [0, 0.05) is 25.3 Å². The van der Waals surface area contributed by atoms with Gasteiger partial charge in [-0.25, -0.2) is 13.4 Å². The zero-order valence-electron chi connectivity index (χ0n) is 18.2. The molecule has 0 radical (unpaired) electrons. The lowest BCUT2D eigenvalue weighted by molar-refractivity contribution is -0.114. The third-order valence-electron chi connectivity index (χ3n) is 4.64. The van der Waals surface area contributed by atoms with E-state index in [2.05, 4.69) is 15.6 Å². The van der Waals surface area contributed by atoms with Crippen LogP contribution in [0.2, 0.25) is 0 Å². The second-order valence-corrected chi connectivity index (χ2v) is 10.3. The van der Waals surface area contributed by atoms with Crippen LogP contribution in [0, 0.1) is 5.41 Å². The number of sulfone groups is 1. The number of halogens is 1. The Morgan fingerprint density at radius 2 is 1.70 bits per heavy atom. The summed E-state index contributed by atoms with van der Waals surface area (Å²) in [5, 5.41) is 13.2. The molecule has 1 aromatic heterocycles. The number of anilines is 1. The molecular formula is C22H26ClN5O3S2. The fraction of sp³-hybridized carbons (Fsp3) is 0.227. The Kier molecular flexibility index (Phi) is 8.98. The number of nitrogens with zero attached hydrogens (tertiary/aromatic N) is 1. The first-order valence-electron chi connectivity index (χ1n) is 9.89. The Hall–Kier alpha value is -2.95. The highest BCUT2D eigenvalue weighted by Gasteiger charge is 2.17. The molecule has 5 N–H and O–H groups in total. The van der Waals surface area contributed by atoms with Crippen molar-refractivity contribution in [1.82, 2.24) is 10.3 Å². The molecule has 2 aromatic carbocycles. The Balaban J connectivity index is 0.00000385. The molecule has 0 saturated carbocycles. The highest BCUT2D eigenvalue weighted by atomic mass is 35.5. The molecule has 0 saturated heterocycles. The summed E-state index contributed by atoms with van der Waals surface area (Å²) in [5.41, 5.74) is 8.87. The summed E-state index contributed by atoms with van der Waals surface area (Å²) in [5.74, 6) is -0.241. The lowest BCUT2D eigenvalue weighted by Gasteiger charge is -2.07. The maximum absolute atomic E-state index is 11.8. The number of benzene rings is 2. The molecule has 8 nitrogen and oxygen atoms in total. The first-order valence-corrected chi connectivity index (χ1v) is 12.6. The number of rotatable bonds is 8. The van der Waals surface area contributed by atoms with Gasteiger partial charge in [-0.3, -0.25) is 10.2 Å². The van der Waals surface area contributed by atoms with Crippen molar-refractivity contribution in [3.8, 4) is 21.7 Å². The lowest BCUT2D eigenvalue weighted by Crippen LogP contribution is -2.31. The van der Waals surface area contributed by atoms with Crippen molar-refractivity contribution in [2.24, 2.45) is 5.73 Å². The number of guanidine groups is 1. The van der Waals surface area contributed by atoms with Crippen molar-refractivity contribution in [3.63, 3.8) is 0 Å². The van der Waals surface area contributed by atoms with E-state index in [9.17, 15) is 13.2 Å². The lowest BCUT2D eigenvalue weighted by atomic mass is 10.0. The van der Waals surface area contributed by atoms with Gasteiger partial charge in [-0.2, -0.15) is 0 Å². The van der Waals surface area contributed by atoms with Gasteiger partial charge >= 0.3 is 0 Å². The van der Waals surface area contributed by atoms with Crippen LogP contribution in [0.5, 0.6) is 0 Å². The minimum Gasteiger partial charge on any atom is -0.370 e. The average Bonchev–Trinajstić information content (AvgIpc) is 3.14. The summed E-state index contributed by atoms with van der Waals surface area (Å²) in [6.45, 7) is 2.06. The number of nitrogens with two attached hydrogens (primary N) is 1. The van der Waals surface area contributed by atoms with Gasteiger partial charge in [0.1, 0.15) is 0 Å². The van der Waals surface area contributed by atoms with Gasteiger partial charge in [0.25, 0.3) is 0 Å². The molecular weight excluding hydrogens is 482 g/mol. The smallest absolute Gasteiger partial charge is 0.223 e. The molecule has 1 heterocycles. The number of nitrogens with one attached hydrogen (secondary N) is 3. The van der Waals surface area contributed by atoms with Crippen LogP contribution in [0.25, 0.3) is 21.7 Å². The van der Waals surface area contributed by atoms with Gasteiger partial charge in [-0.1, -0.05) is 47.7 Å². The molecule has 0 aliphatic carbocycles. The zero-order chi connectivity index (χ0) is 23.3. The zero-order valence-corrected chi connectivity index (χ0v) is 20.7. The number of carbonyl (C=O) groups is 1. The van der Waals surface area contributed by atoms with E-state index in [0.29, 0.717) is 11.7 Å². The molecule has 0 atom stereocenters. The van der Waals surface area contributed by atoms with Gasteiger partial charge in [-0.15, -0.1) is 12.4 Å². The Morgan fingerprint density at radius 3 is 2.24 bits per heavy atom. The van der Waals surface area contributed by atoms with Crippen molar-refractivity contribution in [3.05, 3.63) is 54.1 Å². The van der Waals surface area contributed by atoms with Gasteiger partial charge in [-0.05, 0) is 36.1 Å². The van der Waals surface area contributed by atoms with Gasteiger partial charge < -0.3 is 16.4 Å². The maximum atomic E-state index is 11.8. The summed E-state index contributed by atoms with van der Waals surface area (Å²) < 4.78 is 23.6. The molecule has 11 heteroatoms. The highest BCUT2D eigenvalue weighted by Crippen LogP contribution is 2.39. The van der Waals surface area contributed by atoms with E-state index < -0.39 is 9.84 Å². The minimum atomic E-state index is -3.29. The van der Waals surface area contributed by atoms with Crippen LogP contribution in [-0.2, 0) is 21.1 Å². The number of hydrogen-bond donors (Lipinski definition) is 4. The topological polar surface area (TPSA) is 138 Å². The number of amides is 1. The Labute approximate surface area is 203 Å². The van der Waals surface area contributed by atoms with E-state index in [4.69, 9.17) is 11.1 Å². The first-order chi connectivity index (χ1) is 15.1. The van der Waals surface area contributed by atoms with E-state index in [0.717, 1.165) is 40.1 Å². The van der Waals surface area contributed by atoms with E-state index in [1.807, 2.05) is 24.3 Å². The average molecular weight is 508 g/mol. The summed E-state index contributed by atoms with van der Waals surface area (Å²) >= 11 is 1.34. The molecule has 0 unspecified atom stereocenters. The summed E-state index contributed by atoms with van der Waals surface area (Å²) in [4.78, 5) is 17.2. The predicted octanol–water partition coefficient (Wildman–Crippen LogP) is 3.68. The monoisotopic (exact) mass is 507 g/mol. The van der Waals surface area contributed by atoms with Crippen molar-refractivity contribution < 1.29 is 13.2 Å². The fourth-order valence-corrected chi connectivity index (χ4v) is 4.78. The number of hydrogen-bond acceptors (Lipinski definition) is 6. The molecule has 3 aromatic rings. The second-order valence-electron chi connectivity index (χ2n) is 7.32. The van der Waals surface area contributed by atoms with E-state index in [1.54, 1.807) is 24.3 Å². The van der Waals surface area contributed by atoms with Gasteiger partial charge in [0.2, 0.25) is 5.91 Å². The number of thiazole rings is 1. The fourth-order valence-electron chi connectivity index (χ4n) is 3.11. The summed E-state index contributed by atoms with van der Waals surface area (Å²) in [7, 11) is -3.29. The molecule has 1 amide bonds. The van der Waals surface area contributed by atoms with E-state index >= 15 is 0 Å². The largest absolute Gasteiger partial charge is 0.370 e. The van der Waals surface area contributed by atoms with Crippen LogP contribution in [0.3, 0.4) is 0 Å². The van der Waals surface area contributed by atoms with E-state index in [1.165, 1.54) is 24.5 Å². The number of aromatic nitrogens is 1. The van der Waals surface area contributed by atoms with Crippen molar-refractivity contribution in [1.29, 1.82) is 5.41 Å². The molecule has 0 bridgehead atoms. The van der Waals surface area contributed by atoms with Crippen LogP contribution >= 0.6 is 23.7 Å². The Bertz CT molecular complexity index is 1220. The molecule has 176 valence electrons. The molecule has 3 rings (SSSR count). The van der Waals surface area contributed by atoms with Crippen LogP contribution in [-0.4, -0.2) is 38.1 Å². The van der Waals surface area contributed by atoms with Gasteiger partial charge in [0.15, 0.2) is 20.9 Å². The Morgan fingerprint density at radius 1 is 1.09 bits per heavy atom. The molecule has 0 spiro atoms. The number of carbonyl (C=O) groups excluding carboxylic acids is 1. The van der Waals surface area contributed by atoms with Crippen LogP contribution < -0.4 is 16.4 Å². The van der Waals surface area contributed by atoms with E-state index in [-0.39, 0.29) is 29.2 Å². The van der Waals surface area contributed by atoms with Gasteiger partial charge in [0.05, 0.1) is 15.5 Å². The van der Waals surface area contributed by atoms with Crippen molar-refractivity contribution in [2.75, 3.05) is 18.1 Å². The quantitative estimate of drug-likeness (QED) is 0.208. The second kappa shape index (κ2) is 11.3. The third-order valence-corrected chi connectivity index (χ3v) is 6.79. The molecule has 0 fully saturated rings. The minimum absolute atomic E-state index is 0. The molecule has 0 aliphatic rings. The molecule has 33 heavy (non-hydrogen) atoms. The third kappa shape index (κ3) is 7.28. The van der Waals surface area contributed by atoms with Crippen LogP contribution in [0.15, 0.2) is 53.4 Å². The van der Waals surface area contributed by atoms with Crippen LogP contribution in [0.4, 0.5) is 5.13 Å². The maximum Gasteiger partial charge on any atom is 0.223 e. The van der Waals surface area contributed by atoms with Crippen molar-refractivity contribution >= 4 is 50.6 Å². The summed E-state index contributed by atoms with van der Waals surface area (Å²) in [6.07, 6.45) is 2.86.